The predicted octanol–water partition coefficient (Wildman–Crippen LogP) is 5.90. The molecule has 2 aromatic heterocycles. The highest BCUT2D eigenvalue weighted by Crippen LogP contribution is 2.33. The van der Waals surface area contributed by atoms with Crippen LogP contribution in [0.15, 0.2) is 79.3 Å². The van der Waals surface area contributed by atoms with E-state index < -0.39 is 23.8 Å². The Bertz CT molecular complexity index is 2520. The molecule has 3 saturated heterocycles. The van der Waals surface area contributed by atoms with Gasteiger partial charge in [0.25, 0.3) is 11.8 Å². The highest BCUT2D eigenvalue weighted by atomic mass is 35.5. The van der Waals surface area contributed by atoms with Gasteiger partial charge in [0.1, 0.15) is 35.3 Å². The van der Waals surface area contributed by atoms with Crippen molar-refractivity contribution in [2.24, 2.45) is 0 Å². The van der Waals surface area contributed by atoms with E-state index in [9.17, 15) is 24.0 Å². The van der Waals surface area contributed by atoms with Crippen molar-refractivity contribution in [1.29, 1.82) is 0 Å². The minimum absolute atomic E-state index is 0.0943. The van der Waals surface area contributed by atoms with Crippen LogP contribution in [0.3, 0.4) is 0 Å². The number of amides is 4. The molecule has 0 radical (unpaired) electrons. The largest absolute Gasteiger partial charge is 0.457 e. The van der Waals surface area contributed by atoms with Crippen molar-refractivity contribution in [3.05, 3.63) is 107 Å². The summed E-state index contributed by atoms with van der Waals surface area (Å²) >= 11 is 6.63. The Morgan fingerprint density at radius 2 is 1.52 bits per heavy atom. The summed E-state index contributed by atoms with van der Waals surface area (Å²) in [6.45, 7) is 7.52. The molecule has 62 heavy (non-hydrogen) atoms. The zero-order valence-corrected chi connectivity index (χ0v) is 35.0. The fourth-order valence-electron chi connectivity index (χ4n) is 8.99. The number of carbonyl (C=O) groups excluding carboxylic acids is 5. The number of ether oxygens (including phenoxy) is 1. The number of hydrogen-bond donors (Lipinski definition) is 3. The molecular formula is C46H48ClN9O6. The van der Waals surface area contributed by atoms with Crippen LogP contribution in [-0.2, 0) is 9.59 Å². The molecule has 3 aromatic carbocycles. The van der Waals surface area contributed by atoms with Gasteiger partial charge in [0.2, 0.25) is 11.8 Å². The Morgan fingerprint density at radius 1 is 0.774 bits per heavy atom. The number of halogens is 1. The number of piperidine rings is 2. The van der Waals surface area contributed by atoms with Gasteiger partial charge in [-0.3, -0.25) is 39.1 Å². The Kier molecular flexibility index (Phi) is 12.0. The van der Waals surface area contributed by atoms with Gasteiger partial charge in [0.05, 0.1) is 27.1 Å². The molecule has 5 aromatic rings. The third-order valence-corrected chi connectivity index (χ3v) is 12.7. The highest BCUT2D eigenvalue weighted by molar-refractivity contribution is 6.36. The minimum Gasteiger partial charge on any atom is -0.457 e. The Labute approximate surface area is 363 Å². The number of para-hydroxylation sites is 1. The number of hydrogen-bond acceptors (Lipinski definition) is 12. The van der Waals surface area contributed by atoms with Gasteiger partial charge in [0, 0.05) is 75.2 Å². The summed E-state index contributed by atoms with van der Waals surface area (Å²) in [6.07, 6.45) is 8.76. The van der Waals surface area contributed by atoms with Crippen LogP contribution in [0.5, 0.6) is 11.5 Å². The van der Waals surface area contributed by atoms with E-state index >= 15 is 0 Å². The maximum Gasteiger partial charge on any atom is 0.262 e. The summed E-state index contributed by atoms with van der Waals surface area (Å²) in [4.78, 5) is 84.7. The summed E-state index contributed by atoms with van der Waals surface area (Å²) in [5, 5.41) is 6.82. The number of unbranched alkanes of at least 4 members (excludes halogenated alkanes) is 2. The Balaban J connectivity index is 0.700. The predicted molar refractivity (Wildman–Crippen MR) is 234 cm³/mol. The van der Waals surface area contributed by atoms with Gasteiger partial charge in [-0.05, 0) is 87.7 Å². The average Bonchev–Trinajstić information content (AvgIpc) is 3.83. The molecule has 9 rings (SSSR count). The quantitative estimate of drug-likeness (QED) is 0.0687. The second-order valence-corrected chi connectivity index (χ2v) is 16.8. The number of imide groups is 2. The van der Waals surface area contributed by atoms with Crippen LogP contribution >= 0.6 is 11.6 Å². The lowest BCUT2D eigenvalue weighted by Gasteiger charge is -2.36. The first-order valence-corrected chi connectivity index (χ1v) is 21.8. The highest BCUT2D eigenvalue weighted by Gasteiger charge is 2.45. The number of nitrogens with zero attached hydrogens (tertiary/aromatic N) is 6. The summed E-state index contributed by atoms with van der Waals surface area (Å²) in [5.41, 5.74) is 2.91. The first-order chi connectivity index (χ1) is 30.2. The van der Waals surface area contributed by atoms with Crippen LogP contribution in [-0.4, -0.2) is 124 Å². The monoisotopic (exact) mass is 857 g/mol. The van der Waals surface area contributed by atoms with Crippen LogP contribution in [0.1, 0.15) is 81.6 Å². The van der Waals surface area contributed by atoms with E-state index in [1.54, 1.807) is 36.5 Å². The van der Waals surface area contributed by atoms with Crippen LogP contribution in [0.4, 0.5) is 11.5 Å². The van der Waals surface area contributed by atoms with Crippen molar-refractivity contribution in [2.45, 2.75) is 57.0 Å². The lowest BCUT2D eigenvalue weighted by molar-refractivity contribution is -0.136. The van der Waals surface area contributed by atoms with Crippen molar-refractivity contribution >= 4 is 63.6 Å². The first kappa shape index (κ1) is 41.2. The summed E-state index contributed by atoms with van der Waals surface area (Å²) in [6, 6.07) is 19.1. The molecule has 1 atom stereocenters. The smallest absolute Gasteiger partial charge is 0.262 e. The Hall–Kier alpha value is -6.16. The second kappa shape index (κ2) is 18.1. The molecule has 6 heterocycles. The molecule has 4 aliphatic heterocycles. The molecule has 15 nitrogen and oxygen atoms in total. The number of likely N-dealkylation sites (tertiary alicyclic amines) is 1. The zero-order valence-electron chi connectivity index (χ0n) is 34.3. The van der Waals surface area contributed by atoms with Gasteiger partial charge in [-0.25, -0.2) is 9.97 Å². The number of fused-ring (bicyclic) bond motifs is 2. The first-order valence-electron chi connectivity index (χ1n) is 21.4. The number of carbonyl (C=O) groups is 5. The van der Waals surface area contributed by atoms with E-state index in [2.05, 4.69) is 40.3 Å². The number of aromatic amines is 1. The number of anilines is 2. The van der Waals surface area contributed by atoms with Crippen LogP contribution in [0, 0.1) is 0 Å². The van der Waals surface area contributed by atoms with Gasteiger partial charge in [-0.1, -0.05) is 36.2 Å². The molecular weight excluding hydrogens is 810 g/mol. The van der Waals surface area contributed by atoms with Crippen LogP contribution in [0.25, 0.3) is 11.0 Å². The van der Waals surface area contributed by atoms with Crippen molar-refractivity contribution < 1.29 is 28.7 Å². The third kappa shape index (κ3) is 8.65. The molecule has 0 spiro atoms. The van der Waals surface area contributed by atoms with Crippen molar-refractivity contribution in [1.82, 2.24) is 35.0 Å². The lowest BCUT2D eigenvalue weighted by Crippen LogP contribution is -2.54. The van der Waals surface area contributed by atoms with Crippen LogP contribution in [0.2, 0.25) is 5.02 Å². The molecule has 4 amide bonds. The number of aromatic nitrogens is 3. The number of ketones is 1. The normalized spacial score (nSPS) is 19.0. The molecule has 320 valence electrons. The summed E-state index contributed by atoms with van der Waals surface area (Å²) in [5.74, 6) is -0.327. The van der Waals surface area contributed by atoms with Gasteiger partial charge in [-0.2, -0.15) is 0 Å². The number of rotatable bonds is 14. The van der Waals surface area contributed by atoms with Gasteiger partial charge >= 0.3 is 0 Å². The number of H-pyrrole nitrogens is 1. The minimum atomic E-state index is -0.969. The van der Waals surface area contributed by atoms with Crippen molar-refractivity contribution in [2.75, 3.05) is 62.6 Å². The zero-order chi connectivity index (χ0) is 42.7. The molecule has 0 saturated carbocycles. The molecule has 16 heteroatoms. The standard InChI is InChI=1S/C46H48ClN9O6/c47-37-26-32(62-31-7-3-1-4-8-31)10-12-34(37)41(58)36-27-48-42-40(36)43(50-28-49-42)51-29-15-19-53(20-16-29)17-5-2-6-18-54-21-23-55(24-22-54)30-9-11-33-35(25-30)46(61)56(45(33)60)38-13-14-39(57)52-44(38)59/h1,3-4,7-12,25-29,38H,2,5-6,13-24H2,(H,52,57,59)(H2,48,49,50,51). The van der Waals surface area contributed by atoms with E-state index in [1.165, 1.54) is 6.33 Å². The third-order valence-electron chi connectivity index (χ3n) is 12.4. The van der Waals surface area contributed by atoms with E-state index in [1.807, 2.05) is 36.4 Å². The van der Waals surface area contributed by atoms with Gasteiger partial charge in [-0.15, -0.1) is 0 Å². The summed E-state index contributed by atoms with van der Waals surface area (Å²) < 4.78 is 5.90. The van der Waals surface area contributed by atoms with Crippen molar-refractivity contribution in [3.8, 4) is 11.5 Å². The van der Waals surface area contributed by atoms with Crippen LogP contribution < -0.4 is 20.3 Å². The lowest BCUT2D eigenvalue weighted by atomic mass is 10.0. The maximum absolute atomic E-state index is 13.8. The molecule has 0 aliphatic carbocycles. The Morgan fingerprint density at radius 3 is 2.26 bits per heavy atom. The summed E-state index contributed by atoms with van der Waals surface area (Å²) in [7, 11) is 0. The molecule has 3 N–H and O–H groups in total. The molecule has 0 bridgehead atoms. The van der Waals surface area contributed by atoms with Gasteiger partial charge < -0.3 is 24.8 Å². The average molecular weight is 858 g/mol. The number of nitrogens with one attached hydrogen (secondary N) is 3. The molecule has 3 fully saturated rings. The molecule has 1 unspecified atom stereocenters. The van der Waals surface area contributed by atoms with Gasteiger partial charge in [0.15, 0.2) is 5.78 Å². The fourth-order valence-corrected chi connectivity index (χ4v) is 9.25. The topological polar surface area (TPSA) is 173 Å². The van der Waals surface area contributed by atoms with E-state index in [0.29, 0.717) is 55.6 Å². The maximum atomic E-state index is 13.8. The van der Waals surface area contributed by atoms with E-state index in [4.69, 9.17) is 16.3 Å². The fraction of sp³-hybridized carbons (Fsp3) is 0.370. The molecule has 4 aliphatic rings. The second-order valence-electron chi connectivity index (χ2n) is 16.4. The van der Waals surface area contributed by atoms with E-state index in [0.717, 1.165) is 95.0 Å². The van der Waals surface area contributed by atoms with Crippen molar-refractivity contribution in [3.63, 3.8) is 0 Å². The SMILES string of the molecule is O=C1CCC(N2C(=O)c3ccc(N4CCN(CCCCCN5CCC(Nc6ncnc7[nH]cc(C(=O)c8ccc(Oc9ccccc9)cc8Cl)c67)CC5)CC4)cc3C2=O)C(=O)N1. The number of benzene rings is 3. The van der Waals surface area contributed by atoms with E-state index in [-0.39, 0.29) is 30.6 Å². The number of piperazine rings is 1.